The Kier molecular flexibility index (Phi) is 6.09. The van der Waals surface area contributed by atoms with Crippen LogP contribution in [0.25, 0.3) is 0 Å². The molecule has 2 unspecified atom stereocenters. The lowest BCUT2D eigenvalue weighted by atomic mass is 9.75. The van der Waals surface area contributed by atoms with Crippen molar-refractivity contribution < 1.29 is 9.90 Å². The van der Waals surface area contributed by atoms with E-state index >= 15 is 0 Å². The van der Waals surface area contributed by atoms with Gasteiger partial charge >= 0.3 is 0 Å². The van der Waals surface area contributed by atoms with E-state index in [2.05, 4.69) is 12.2 Å². The van der Waals surface area contributed by atoms with E-state index in [0.717, 1.165) is 38.8 Å². The van der Waals surface area contributed by atoms with Gasteiger partial charge in [0.1, 0.15) is 0 Å². The third-order valence-corrected chi connectivity index (χ3v) is 3.88. The highest BCUT2D eigenvalue weighted by molar-refractivity contribution is 5.83. The number of carbonyl (C=O) groups is 1. The molecule has 0 bridgehead atoms. The summed E-state index contributed by atoms with van der Waals surface area (Å²) in [6, 6.07) is 0. The number of rotatable bonds is 6. The van der Waals surface area contributed by atoms with Gasteiger partial charge in [-0.3, -0.25) is 4.79 Å². The summed E-state index contributed by atoms with van der Waals surface area (Å²) < 4.78 is 0. The molecule has 2 N–H and O–H groups in total. The van der Waals surface area contributed by atoms with E-state index in [9.17, 15) is 9.90 Å². The number of aliphatic hydroxyl groups excluding tert-OH is 1. The Hall–Kier alpha value is -0.610. The topological polar surface area (TPSA) is 52.6 Å². The van der Waals surface area contributed by atoms with E-state index < -0.39 is 0 Å². The van der Waals surface area contributed by atoms with Gasteiger partial charge in [-0.2, -0.15) is 0 Å². The number of piperidine rings is 1. The maximum absolute atomic E-state index is 12.6. The van der Waals surface area contributed by atoms with Crippen molar-refractivity contribution >= 4 is 5.91 Å². The fourth-order valence-corrected chi connectivity index (χ4v) is 2.84. The van der Waals surface area contributed by atoms with Crippen LogP contribution in [0.2, 0.25) is 0 Å². The molecule has 0 saturated carbocycles. The van der Waals surface area contributed by atoms with Crippen molar-refractivity contribution in [2.75, 3.05) is 26.7 Å². The highest BCUT2D eigenvalue weighted by atomic mass is 16.3. The maximum Gasteiger partial charge on any atom is 0.229 e. The van der Waals surface area contributed by atoms with Crippen molar-refractivity contribution in [3.8, 4) is 0 Å². The predicted octanol–water partition coefficient (Wildman–Crippen LogP) is 1.39. The summed E-state index contributed by atoms with van der Waals surface area (Å²) in [5.74, 6) is 0.247. The Morgan fingerprint density at radius 1 is 1.56 bits per heavy atom. The third-order valence-electron chi connectivity index (χ3n) is 3.88. The Morgan fingerprint density at radius 3 is 2.78 bits per heavy atom. The lowest BCUT2D eigenvalue weighted by Crippen LogP contribution is -2.51. The Bertz CT molecular complexity index is 255. The van der Waals surface area contributed by atoms with E-state index in [-0.39, 0.29) is 17.4 Å². The molecule has 0 aromatic rings. The summed E-state index contributed by atoms with van der Waals surface area (Å²) >= 11 is 0. The van der Waals surface area contributed by atoms with Crippen LogP contribution in [0.1, 0.15) is 46.0 Å². The highest BCUT2D eigenvalue weighted by Crippen LogP contribution is 2.33. The molecule has 4 nitrogen and oxygen atoms in total. The summed E-state index contributed by atoms with van der Waals surface area (Å²) in [6.07, 6.45) is 4.38. The van der Waals surface area contributed by atoms with Gasteiger partial charge in [-0.1, -0.05) is 13.3 Å². The van der Waals surface area contributed by atoms with Crippen molar-refractivity contribution in [1.29, 1.82) is 0 Å². The standard InChI is InChI=1S/C14H28N2O2/c1-4-7-14(8-5-9-15-11-14)13(18)16(3)10-6-12(2)17/h12,15,17H,4-11H2,1-3H3. The Labute approximate surface area is 111 Å². The molecule has 2 atom stereocenters. The SMILES string of the molecule is CCCC1(C(=O)N(C)CCC(C)O)CCCNC1. The average molecular weight is 256 g/mol. The molecule has 1 aliphatic rings. The molecule has 1 saturated heterocycles. The van der Waals surface area contributed by atoms with Gasteiger partial charge in [0.2, 0.25) is 5.91 Å². The normalized spacial score (nSPS) is 25.8. The first-order valence-corrected chi connectivity index (χ1v) is 7.16. The molecule has 0 aromatic carbocycles. The minimum absolute atomic E-state index is 0.208. The fraction of sp³-hybridized carbons (Fsp3) is 0.929. The molecule has 1 rings (SSSR count). The minimum Gasteiger partial charge on any atom is -0.393 e. The lowest BCUT2D eigenvalue weighted by Gasteiger charge is -2.39. The second-order valence-electron chi connectivity index (χ2n) is 5.68. The molecular formula is C14H28N2O2. The zero-order valence-electron chi connectivity index (χ0n) is 12.0. The average Bonchev–Trinajstić information content (AvgIpc) is 2.36. The molecule has 0 radical (unpaired) electrons. The van der Waals surface area contributed by atoms with Gasteiger partial charge in [0.25, 0.3) is 0 Å². The van der Waals surface area contributed by atoms with Gasteiger partial charge in [-0.25, -0.2) is 0 Å². The molecule has 1 aliphatic heterocycles. The lowest BCUT2D eigenvalue weighted by molar-refractivity contribution is -0.142. The second-order valence-corrected chi connectivity index (χ2v) is 5.68. The van der Waals surface area contributed by atoms with Crippen molar-refractivity contribution in [3.63, 3.8) is 0 Å². The molecule has 4 heteroatoms. The van der Waals surface area contributed by atoms with E-state index in [1.807, 2.05) is 7.05 Å². The van der Waals surface area contributed by atoms with Crippen molar-refractivity contribution in [2.24, 2.45) is 5.41 Å². The molecule has 106 valence electrons. The zero-order chi connectivity index (χ0) is 13.6. The number of nitrogens with zero attached hydrogens (tertiary/aromatic N) is 1. The molecule has 1 fully saturated rings. The quantitative estimate of drug-likeness (QED) is 0.755. The van der Waals surface area contributed by atoms with Crippen molar-refractivity contribution in [2.45, 2.75) is 52.1 Å². The summed E-state index contributed by atoms with van der Waals surface area (Å²) in [7, 11) is 1.86. The summed E-state index contributed by atoms with van der Waals surface area (Å²) in [5.41, 5.74) is -0.208. The monoisotopic (exact) mass is 256 g/mol. The van der Waals surface area contributed by atoms with Crippen LogP contribution in [-0.2, 0) is 4.79 Å². The first-order valence-electron chi connectivity index (χ1n) is 7.16. The first-order chi connectivity index (χ1) is 8.52. The largest absolute Gasteiger partial charge is 0.393 e. The molecule has 0 spiro atoms. The van der Waals surface area contributed by atoms with Crippen molar-refractivity contribution in [3.05, 3.63) is 0 Å². The van der Waals surface area contributed by atoms with Crippen LogP contribution in [0.4, 0.5) is 0 Å². The number of carbonyl (C=O) groups excluding carboxylic acids is 1. The number of hydrogen-bond donors (Lipinski definition) is 2. The van der Waals surface area contributed by atoms with Crippen LogP contribution in [0.15, 0.2) is 0 Å². The van der Waals surface area contributed by atoms with E-state index in [4.69, 9.17) is 0 Å². The summed E-state index contributed by atoms with van der Waals surface area (Å²) in [6.45, 7) is 6.37. The van der Waals surface area contributed by atoms with Gasteiger partial charge in [-0.05, 0) is 39.2 Å². The molecule has 0 aliphatic carbocycles. The number of aliphatic hydroxyl groups is 1. The van der Waals surface area contributed by atoms with Crippen LogP contribution in [0.5, 0.6) is 0 Å². The Balaban J connectivity index is 2.63. The summed E-state index contributed by atoms with van der Waals surface area (Å²) in [5, 5.41) is 12.7. The van der Waals surface area contributed by atoms with Crippen LogP contribution >= 0.6 is 0 Å². The van der Waals surface area contributed by atoms with Crippen molar-refractivity contribution in [1.82, 2.24) is 10.2 Å². The van der Waals surface area contributed by atoms with Gasteiger partial charge in [0.05, 0.1) is 11.5 Å². The number of nitrogens with one attached hydrogen (secondary N) is 1. The molecule has 1 amide bonds. The van der Waals surface area contributed by atoms with Gasteiger partial charge < -0.3 is 15.3 Å². The van der Waals surface area contributed by atoms with Gasteiger partial charge in [0.15, 0.2) is 0 Å². The maximum atomic E-state index is 12.6. The van der Waals surface area contributed by atoms with Gasteiger partial charge in [0, 0.05) is 20.1 Å². The highest BCUT2D eigenvalue weighted by Gasteiger charge is 2.40. The fourth-order valence-electron chi connectivity index (χ4n) is 2.84. The van der Waals surface area contributed by atoms with E-state index in [0.29, 0.717) is 13.0 Å². The number of hydrogen-bond acceptors (Lipinski definition) is 3. The molecular weight excluding hydrogens is 228 g/mol. The summed E-state index contributed by atoms with van der Waals surface area (Å²) in [4.78, 5) is 14.4. The number of amides is 1. The molecule has 1 heterocycles. The molecule has 18 heavy (non-hydrogen) atoms. The van der Waals surface area contributed by atoms with E-state index in [1.165, 1.54) is 0 Å². The van der Waals surface area contributed by atoms with Gasteiger partial charge in [-0.15, -0.1) is 0 Å². The predicted molar refractivity (Wildman–Crippen MR) is 73.4 cm³/mol. The van der Waals surface area contributed by atoms with Crippen LogP contribution in [-0.4, -0.2) is 48.7 Å². The Morgan fingerprint density at radius 2 is 2.28 bits per heavy atom. The van der Waals surface area contributed by atoms with Crippen LogP contribution in [0.3, 0.4) is 0 Å². The van der Waals surface area contributed by atoms with Crippen LogP contribution < -0.4 is 5.32 Å². The smallest absolute Gasteiger partial charge is 0.229 e. The zero-order valence-corrected chi connectivity index (χ0v) is 12.0. The molecule has 0 aromatic heterocycles. The first kappa shape index (κ1) is 15.4. The van der Waals surface area contributed by atoms with E-state index in [1.54, 1.807) is 11.8 Å². The third kappa shape index (κ3) is 3.95. The van der Waals surface area contributed by atoms with Crippen LogP contribution in [0, 0.1) is 5.41 Å². The second kappa shape index (κ2) is 7.10. The minimum atomic E-state index is -0.341.